The van der Waals surface area contributed by atoms with E-state index in [1.54, 1.807) is 24.9 Å². The molecule has 0 saturated heterocycles. The Kier molecular flexibility index (Phi) is 6.07. The van der Waals surface area contributed by atoms with Gasteiger partial charge in [-0.2, -0.15) is 0 Å². The number of nitrogens with one attached hydrogen (secondary N) is 1. The Morgan fingerprint density at radius 2 is 1.81 bits per heavy atom. The summed E-state index contributed by atoms with van der Waals surface area (Å²) in [6.07, 6.45) is 2.21. The highest BCUT2D eigenvalue weighted by Gasteiger charge is 2.25. The summed E-state index contributed by atoms with van der Waals surface area (Å²) in [6.45, 7) is 4.03. The Balaban J connectivity index is 1.61. The van der Waals surface area contributed by atoms with Gasteiger partial charge in [-0.15, -0.1) is 0 Å². The van der Waals surface area contributed by atoms with E-state index in [1.807, 2.05) is 54.6 Å². The van der Waals surface area contributed by atoms with Crippen molar-refractivity contribution in [3.8, 4) is 0 Å². The average Bonchev–Trinajstić information content (AvgIpc) is 3.03. The third-order valence-electron chi connectivity index (χ3n) is 5.25. The monoisotopic (exact) mass is 418 g/mol. The van der Waals surface area contributed by atoms with E-state index in [4.69, 9.17) is 9.47 Å². The number of fused-ring (bicyclic) bond motifs is 3. The van der Waals surface area contributed by atoms with Gasteiger partial charge in [0.2, 0.25) is 5.91 Å². The number of H-pyrrole nitrogens is 1. The number of aromatic nitrogens is 1. The van der Waals surface area contributed by atoms with Gasteiger partial charge >= 0.3 is 6.16 Å². The van der Waals surface area contributed by atoms with Crippen LogP contribution in [0.25, 0.3) is 16.7 Å². The molecule has 6 heteroatoms. The van der Waals surface area contributed by atoms with E-state index in [9.17, 15) is 9.59 Å². The summed E-state index contributed by atoms with van der Waals surface area (Å²) in [5, 5.41) is 1.06. The molecule has 1 aliphatic rings. The molecule has 1 amide bonds. The van der Waals surface area contributed by atoms with Gasteiger partial charge in [0, 0.05) is 23.9 Å². The molecule has 160 valence electrons. The third-order valence-corrected chi connectivity index (χ3v) is 5.25. The van der Waals surface area contributed by atoms with Gasteiger partial charge in [-0.05, 0) is 43.9 Å². The first-order valence-electron chi connectivity index (χ1n) is 10.5. The number of hydrogen-bond donors (Lipinski definition) is 1. The van der Waals surface area contributed by atoms with Gasteiger partial charge in [0.05, 0.1) is 18.0 Å². The minimum Gasteiger partial charge on any atom is -0.431 e. The van der Waals surface area contributed by atoms with Crippen LogP contribution in [0, 0.1) is 0 Å². The second-order valence-corrected chi connectivity index (χ2v) is 7.86. The van der Waals surface area contributed by atoms with Crippen LogP contribution >= 0.6 is 0 Å². The zero-order chi connectivity index (χ0) is 21.8. The Hall–Kier alpha value is -3.54. The predicted molar refractivity (Wildman–Crippen MR) is 119 cm³/mol. The molecule has 1 N–H and O–H groups in total. The first kappa shape index (κ1) is 20.7. The molecular formula is C25H26N2O4. The van der Waals surface area contributed by atoms with Crippen molar-refractivity contribution in [3.05, 3.63) is 77.6 Å². The molecule has 0 bridgehead atoms. The minimum atomic E-state index is -0.788. The molecular weight excluding hydrogens is 392 g/mol. The minimum absolute atomic E-state index is 0.0170. The van der Waals surface area contributed by atoms with Crippen LogP contribution in [0.3, 0.4) is 0 Å². The van der Waals surface area contributed by atoms with Crippen molar-refractivity contribution in [3.63, 3.8) is 0 Å². The van der Waals surface area contributed by atoms with Gasteiger partial charge in [0.15, 0.2) is 5.76 Å². The first-order chi connectivity index (χ1) is 15.0. The van der Waals surface area contributed by atoms with E-state index in [2.05, 4.69) is 4.98 Å². The summed E-state index contributed by atoms with van der Waals surface area (Å²) >= 11 is 0. The van der Waals surface area contributed by atoms with Gasteiger partial charge in [-0.1, -0.05) is 48.5 Å². The Bertz CT molecular complexity index is 1120. The molecule has 0 aliphatic carbocycles. The molecule has 3 aromatic rings. The summed E-state index contributed by atoms with van der Waals surface area (Å²) in [4.78, 5) is 30.2. The van der Waals surface area contributed by atoms with Crippen LogP contribution in [0.1, 0.15) is 37.1 Å². The topological polar surface area (TPSA) is 71.6 Å². The van der Waals surface area contributed by atoms with Crippen LogP contribution in [0.15, 0.2) is 60.8 Å². The normalized spacial score (nSPS) is 13.5. The smallest absolute Gasteiger partial charge is 0.431 e. The Labute approximate surface area is 181 Å². The molecule has 2 heterocycles. The number of hydrogen-bond acceptors (Lipinski definition) is 4. The van der Waals surface area contributed by atoms with Crippen molar-refractivity contribution in [2.75, 3.05) is 6.54 Å². The maximum absolute atomic E-state index is 13.0. The summed E-state index contributed by atoms with van der Waals surface area (Å²) < 4.78 is 10.7. The number of benzene rings is 2. The van der Waals surface area contributed by atoms with Crippen molar-refractivity contribution in [2.24, 2.45) is 0 Å². The quantitative estimate of drug-likeness (QED) is 0.589. The van der Waals surface area contributed by atoms with Crippen LogP contribution in [-0.4, -0.2) is 34.6 Å². The Morgan fingerprint density at radius 3 is 2.58 bits per heavy atom. The molecule has 0 unspecified atom stereocenters. The molecule has 2 aromatic carbocycles. The first-order valence-corrected chi connectivity index (χ1v) is 10.5. The number of aryl methyl sites for hydroxylation is 1. The van der Waals surface area contributed by atoms with Crippen molar-refractivity contribution >= 4 is 28.7 Å². The van der Waals surface area contributed by atoms with Gasteiger partial charge in [-0.3, -0.25) is 4.79 Å². The second kappa shape index (κ2) is 9.08. The van der Waals surface area contributed by atoms with E-state index >= 15 is 0 Å². The average molecular weight is 418 g/mol. The molecule has 0 saturated carbocycles. The van der Waals surface area contributed by atoms with Crippen molar-refractivity contribution in [2.45, 2.75) is 39.2 Å². The van der Waals surface area contributed by atoms with Crippen molar-refractivity contribution < 1.29 is 19.1 Å². The molecule has 0 spiro atoms. The van der Waals surface area contributed by atoms with Crippen LogP contribution in [0.4, 0.5) is 4.79 Å². The SMILES string of the molecule is CC(C)OC(=O)OC1=CN(C(=O)CCc2ccccc2)CCc2c1[nH]c1ccccc21. The van der Waals surface area contributed by atoms with Crippen molar-refractivity contribution in [1.82, 2.24) is 9.88 Å². The largest absolute Gasteiger partial charge is 0.514 e. The molecule has 4 rings (SSSR count). The third kappa shape index (κ3) is 4.79. The number of amides is 1. The molecule has 1 aliphatic heterocycles. The fraction of sp³-hybridized carbons (Fsp3) is 0.280. The van der Waals surface area contributed by atoms with Gasteiger partial charge in [-0.25, -0.2) is 4.79 Å². The second-order valence-electron chi connectivity index (χ2n) is 7.86. The number of carbonyl (C=O) groups excluding carboxylic acids is 2. The predicted octanol–water partition coefficient (Wildman–Crippen LogP) is 5.05. The molecule has 0 radical (unpaired) electrons. The van der Waals surface area contributed by atoms with E-state index in [-0.39, 0.29) is 12.0 Å². The van der Waals surface area contributed by atoms with E-state index in [1.165, 1.54) is 0 Å². The highest BCUT2D eigenvalue weighted by Crippen LogP contribution is 2.31. The van der Waals surface area contributed by atoms with Crippen LogP contribution in [0.2, 0.25) is 0 Å². The molecule has 0 atom stereocenters. The van der Waals surface area contributed by atoms with Gasteiger partial charge < -0.3 is 19.4 Å². The highest BCUT2D eigenvalue weighted by molar-refractivity contribution is 5.90. The number of carbonyl (C=O) groups is 2. The zero-order valence-corrected chi connectivity index (χ0v) is 17.8. The molecule has 31 heavy (non-hydrogen) atoms. The molecule has 1 aromatic heterocycles. The maximum Gasteiger partial charge on any atom is 0.514 e. The van der Waals surface area contributed by atoms with Crippen LogP contribution in [0.5, 0.6) is 0 Å². The van der Waals surface area contributed by atoms with E-state index in [0.29, 0.717) is 37.3 Å². The molecule has 0 fully saturated rings. The highest BCUT2D eigenvalue weighted by atomic mass is 16.7. The number of nitrogens with zero attached hydrogens (tertiary/aromatic N) is 1. The summed E-state index contributed by atoms with van der Waals surface area (Å²) in [5.41, 5.74) is 3.81. The zero-order valence-electron chi connectivity index (χ0n) is 17.8. The van der Waals surface area contributed by atoms with Gasteiger partial charge in [0.1, 0.15) is 0 Å². The lowest BCUT2D eigenvalue weighted by molar-refractivity contribution is -0.128. The number of ether oxygens (including phenoxy) is 2. The van der Waals surface area contributed by atoms with Crippen LogP contribution < -0.4 is 0 Å². The lowest BCUT2D eigenvalue weighted by atomic mass is 10.1. The summed E-state index contributed by atoms with van der Waals surface area (Å²) in [6, 6.07) is 17.9. The number of para-hydroxylation sites is 1. The Morgan fingerprint density at radius 1 is 1.06 bits per heavy atom. The maximum atomic E-state index is 13.0. The van der Waals surface area contributed by atoms with E-state index < -0.39 is 6.16 Å². The summed E-state index contributed by atoms with van der Waals surface area (Å²) in [7, 11) is 0. The molecule has 6 nitrogen and oxygen atoms in total. The van der Waals surface area contributed by atoms with Crippen molar-refractivity contribution in [1.29, 1.82) is 0 Å². The summed E-state index contributed by atoms with van der Waals surface area (Å²) in [5.74, 6) is 0.277. The lowest BCUT2D eigenvalue weighted by Crippen LogP contribution is -2.28. The number of rotatable bonds is 5. The fourth-order valence-corrected chi connectivity index (χ4v) is 3.79. The van der Waals surface area contributed by atoms with E-state index in [0.717, 1.165) is 22.0 Å². The lowest BCUT2D eigenvalue weighted by Gasteiger charge is -2.18. The fourth-order valence-electron chi connectivity index (χ4n) is 3.79. The van der Waals surface area contributed by atoms with Crippen LogP contribution in [-0.2, 0) is 27.1 Å². The van der Waals surface area contributed by atoms with Gasteiger partial charge in [0.25, 0.3) is 0 Å². The number of aromatic amines is 1. The standard InChI is InChI=1S/C25H26N2O4/c1-17(2)30-25(29)31-22-16-27(23(28)13-12-18-8-4-3-5-9-18)15-14-20-19-10-6-7-11-21(19)26-24(20)22/h3-11,16-17,26H,12-15H2,1-2H3.